The van der Waals surface area contributed by atoms with Crippen molar-refractivity contribution >= 4 is 16.7 Å². The van der Waals surface area contributed by atoms with Crippen LogP contribution in [0.4, 0.5) is 0 Å². The number of ether oxygens (including phenoxy) is 2. The van der Waals surface area contributed by atoms with Gasteiger partial charge in [0.1, 0.15) is 6.61 Å². The van der Waals surface area contributed by atoms with Gasteiger partial charge in [0.25, 0.3) is 0 Å². The van der Waals surface area contributed by atoms with Crippen molar-refractivity contribution in [1.29, 1.82) is 0 Å². The van der Waals surface area contributed by atoms with E-state index in [2.05, 4.69) is 66.0 Å². The maximum absolute atomic E-state index is 12.1. The number of esters is 1. The van der Waals surface area contributed by atoms with Crippen LogP contribution in [0.2, 0.25) is 0 Å². The molecule has 1 saturated heterocycles. The first-order valence-electron chi connectivity index (χ1n) is 11.5. The van der Waals surface area contributed by atoms with Gasteiger partial charge in [-0.1, -0.05) is 60.7 Å². The lowest BCUT2D eigenvalue weighted by Gasteiger charge is -2.33. The number of carbonyl (C=O) groups excluding carboxylic acids is 1. The van der Waals surface area contributed by atoms with Gasteiger partial charge < -0.3 is 14.8 Å². The second-order valence-corrected chi connectivity index (χ2v) is 9.70. The third-order valence-corrected chi connectivity index (χ3v) is 6.07. The SMILES string of the molecule is CC(C)(C)C(=O)OCc1cccc(C2CCNCC2OCc2ccc3ccccc3c2)c1. The minimum atomic E-state index is -0.492. The summed E-state index contributed by atoms with van der Waals surface area (Å²) in [7, 11) is 0. The standard InChI is InChI=1S/C28H33NO3/c1-28(2,3)27(30)32-19-20-7-6-10-24(16-20)25-13-14-29-17-26(25)31-18-21-11-12-22-8-4-5-9-23(22)15-21/h4-12,15-16,25-26,29H,13-14,17-19H2,1-3H3. The van der Waals surface area contributed by atoms with Gasteiger partial charge >= 0.3 is 5.97 Å². The van der Waals surface area contributed by atoms with Crippen LogP contribution in [0.3, 0.4) is 0 Å². The molecule has 4 rings (SSSR count). The zero-order valence-corrected chi connectivity index (χ0v) is 19.3. The molecule has 1 heterocycles. The van der Waals surface area contributed by atoms with E-state index in [1.165, 1.54) is 21.9 Å². The quantitative estimate of drug-likeness (QED) is 0.517. The molecule has 2 atom stereocenters. The topological polar surface area (TPSA) is 47.6 Å². The third-order valence-electron chi connectivity index (χ3n) is 6.07. The van der Waals surface area contributed by atoms with Crippen LogP contribution in [0.25, 0.3) is 10.8 Å². The van der Waals surface area contributed by atoms with Crippen LogP contribution in [0, 0.1) is 5.41 Å². The predicted molar refractivity (Wildman–Crippen MR) is 128 cm³/mol. The Balaban J connectivity index is 1.43. The zero-order chi connectivity index (χ0) is 22.6. The molecule has 0 radical (unpaired) electrons. The monoisotopic (exact) mass is 431 g/mol. The Labute approximate surface area is 190 Å². The average Bonchev–Trinajstić information content (AvgIpc) is 2.81. The lowest BCUT2D eigenvalue weighted by atomic mass is 9.87. The van der Waals surface area contributed by atoms with Crippen molar-refractivity contribution in [3.63, 3.8) is 0 Å². The van der Waals surface area contributed by atoms with Gasteiger partial charge in [0, 0.05) is 12.5 Å². The molecule has 3 aromatic carbocycles. The normalized spacial score (nSPS) is 19.1. The Morgan fingerprint density at radius 1 is 0.938 bits per heavy atom. The van der Waals surface area contributed by atoms with Gasteiger partial charge in [0.15, 0.2) is 0 Å². The molecule has 32 heavy (non-hydrogen) atoms. The molecule has 4 nitrogen and oxygen atoms in total. The second kappa shape index (κ2) is 9.85. The number of benzene rings is 3. The highest BCUT2D eigenvalue weighted by Crippen LogP contribution is 2.29. The van der Waals surface area contributed by atoms with Gasteiger partial charge in [0.2, 0.25) is 0 Å². The second-order valence-electron chi connectivity index (χ2n) is 9.70. The Bertz CT molecular complexity index is 1070. The van der Waals surface area contributed by atoms with E-state index < -0.39 is 5.41 Å². The molecule has 0 spiro atoms. The smallest absolute Gasteiger partial charge is 0.311 e. The fourth-order valence-corrected chi connectivity index (χ4v) is 4.20. The molecule has 0 aromatic heterocycles. The van der Waals surface area contributed by atoms with E-state index >= 15 is 0 Å². The highest BCUT2D eigenvalue weighted by Gasteiger charge is 2.28. The van der Waals surface area contributed by atoms with Crippen molar-refractivity contribution in [2.75, 3.05) is 13.1 Å². The summed E-state index contributed by atoms with van der Waals surface area (Å²) in [4.78, 5) is 12.1. The van der Waals surface area contributed by atoms with E-state index in [1.807, 2.05) is 26.8 Å². The molecule has 1 aliphatic heterocycles. The van der Waals surface area contributed by atoms with Gasteiger partial charge in [-0.3, -0.25) is 4.79 Å². The number of fused-ring (bicyclic) bond motifs is 1. The minimum absolute atomic E-state index is 0.0996. The fraction of sp³-hybridized carbons (Fsp3) is 0.393. The number of carbonyl (C=O) groups is 1. The summed E-state index contributed by atoms with van der Waals surface area (Å²) in [6.45, 7) is 8.33. The lowest BCUT2D eigenvalue weighted by molar-refractivity contribution is -0.154. The van der Waals surface area contributed by atoms with Crippen molar-refractivity contribution < 1.29 is 14.3 Å². The first kappa shape index (κ1) is 22.5. The molecular formula is C28H33NO3. The largest absolute Gasteiger partial charge is 0.460 e. The first-order chi connectivity index (χ1) is 15.4. The van der Waals surface area contributed by atoms with Crippen molar-refractivity contribution in [1.82, 2.24) is 5.32 Å². The average molecular weight is 432 g/mol. The summed E-state index contributed by atoms with van der Waals surface area (Å²) >= 11 is 0. The van der Waals surface area contributed by atoms with Crippen LogP contribution in [0.5, 0.6) is 0 Å². The number of rotatable bonds is 6. The number of hydrogen-bond acceptors (Lipinski definition) is 4. The van der Waals surface area contributed by atoms with Crippen LogP contribution in [0.15, 0.2) is 66.7 Å². The van der Waals surface area contributed by atoms with Crippen molar-refractivity contribution in [3.8, 4) is 0 Å². The molecule has 1 N–H and O–H groups in total. The Morgan fingerprint density at radius 2 is 1.72 bits per heavy atom. The Morgan fingerprint density at radius 3 is 2.53 bits per heavy atom. The van der Waals surface area contributed by atoms with Crippen LogP contribution >= 0.6 is 0 Å². The van der Waals surface area contributed by atoms with Gasteiger partial charge in [-0.25, -0.2) is 0 Å². The van der Waals surface area contributed by atoms with E-state index in [0.29, 0.717) is 19.1 Å². The van der Waals surface area contributed by atoms with E-state index in [9.17, 15) is 4.79 Å². The summed E-state index contributed by atoms with van der Waals surface area (Å²) in [5.41, 5.74) is 2.97. The van der Waals surface area contributed by atoms with E-state index in [4.69, 9.17) is 9.47 Å². The van der Waals surface area contributed by atoms with Gasteiger partial charge in [-0.2, -0.15) is 0 Å². The highest BCUT2D eigenvalue weighted by molar-refractivity contribution is 5.82. The van der Waals surface area contributed by atoms with Gasteiger partial charge in [0.05, 0.1) is 18.1 Å². The summed E-state index contributed by atoms with van der Waals surface area (Å²) in [5.74, 6) is 0.135. The molecule has 1 aliphatic rings. The number of hydrogen-bond donors (Lipinski definition) is 1. The summed E-state index contributed by atoms with van der Waals surface area (Å²) in [6, 6.07) is 23.3. The molecule has 3 aromatic rings. The molecule has 0 aliphatic carbocycles. The van der Waals surface area contributed by atoms with Crippen LogP contribution in [-0.4, -0.2) is 25.2 Å². The first-order valence-corrected chi connectivity index (χ1v) is 11.5. The number of nitrogens with one attached hydrogen (secondary N) is 1. The predicted octanol–water partition coefficient (Wildman–Crippen LogP) is 5.59. The zero-order valence-electron chi connectivity index (χ0n) is 19.3. The Kier molecular flexibility index (Phi) is 6.92. The molecule has 168 valence electrons. The maximum atomic E-state index is 12.1. The molecule has 0 bridgehead atoms. The molecular weight excluding hydrogens is 398 g/mol. The van der Waals surface area contributed by atoms with Crippen LogP contribution in [-0.2, 0) is 27.5 Å². The minimum Gasteiger partial charge on any atom is -0.460 e. The third kappa shape index (κ3) is 5.56. The van der Waals surface area contributed by atoms with E-state index in [-0.39, 0.29) is 12.1 Å². The van der Waals surface area contributed by atoms with Gasteiger partial charge in [-0.15, -0.1) is 0 Å². The van der Waals surface area contributed by atoms with Crippen molar-refractivity contribution in [3.05, 3.63) is 83.4 Å². The van der Waals surface area contributed by atoms with Gasteiger partial charge in [-0.05, 0) is 67.3 Å². The van der Waals surface area contributed by atoms with Crippen LogP contribution < -0.4 is 5.32 Å². The van der Waals surface area contributed by atoms with E-state index in [0.717, 1.165) is 25.1 Å². The van der Waals surface area contributed by atoms with Crippen molar-refractivity contribution in [2.45, 2.75) is 52.4 Å². The Hall–Kier alpha value is -2.69. The maximum Gasteiger partial charge on any atom is 0.311 e. The summed E-state index contributed by atoms with van der Waals surface area (Å²) in [5, 5.41) is 5.97. The fourth-order valence-electron chi connectivity index (χ4n) is 4.20. The van der Waals surface area contributed by atoms with Crippen molar-refractivity contribution in [2.24, 2.45) is 5.41 Å². The molecule has 0 amide bonds. The highest BCUT2D eigenvalue weighted by atomic mass is 16.5. The van der Waals surface area contributed by atoms with Crippen LogP contribution in [0.1, 0.15) is 49.8 Å². The number of piperidine rings is 1. The summed E-state index contributed by atoms with van der Waals surface area (Å²) in [6.07, 6.45) is 1.12. The molecule has 4 heteroatoms. The molecule has 0 saturated carbocycles. The molecule has 1 fully saturated rings. The lowest BCUT2D eigenvalue weighted by Crippen LogP contribution is -2.41. The summed E-state index contributed by atoms with van der Waals surface area (Å²) < 4.78 is 11.9. The van der Waals surface area contributed by atoms with E-state index in [1.54, 1.807) is 0 Å². The molecule has 2 unspecified atom stereocenters.